The predicted molar refractivity (Wildman–Crippen MR) is 155 cm³/mol. The van der Waals surface area contributed by atoms with Crippen molar-refractivity contribution >= 4 is 39.7 Å². The first kappa shape index (κ1) is 26.8. The Morgan fingerprint density at radius 1 is 1.15 bits per heavy atom. The van der Waals surface area contributed by atoms with Gasteiger partial charge in [-0.05, 0) is 56.5 Å². The number of fused-ring (bicyclic) bond motifs is 1. The zero-order valence-corrected chi connectivity index (χ0v) is 23.4. The van der Waals surface area contributed by atoms with Crippen molar-refractivity contribution < 1.29 is 9.18 Å². The van der Waals surface area contributed by atoms with Gasteiger partial charge in [-0.15, -0.1) is 0 Å². The van der Waals surface area contributed by atoms with Gasteiger partial charge in [0.25, 0.3) is 0 Å². The molecule has 1 aliphatic rings. The molecule has 14 heteroatoms. The monoisotopic (exact) mass is 575 g/mol. The van der Waals surface area contributed by atoms with E-state index in [-0.39, 0.29) is 5.69 Å². The maximum Gasteiger partial charge on any atom is 0.319 e. The number of aromatic nitrogens is 7. The minimum atomic E-state index is -0.596. The summed E-state index contributed by atoms with van der Waals surface area (Å²) < 4.78 is 22.1. The van der Waals surface area contributed by atoms with E-state index in [1.807, 2.05) is 23.7 Å². The highest BCUT2D eigenvalue weighted by Crippen LogP contribution is 2.28. The summed E-state index contributed by atoms with van der Waals surface area (Å²) in [6.45, 7) is 5.82. The molecule has 0 aliphatic carbocycles. The first-order valence-corrected chi connectivity index (χ1v) is 14.3. The third kappa shape index (κ3) is 6.33. The number of hydrogen-bond donors (Lipinski definition) is 3. The Labute approximate surface area is 239 Å². The van der Waals surface area contributed by atoms with Gasteiger partial charge in [0, 0.05) is 37.2 Å². The summed E-state index contributed by atoms with van der Waals surface area (Å²) >= 11 is 1.43. The van der Waals surface area contributed by atoms with Gasteiger partial charge in [0.1, 0.15) is 5.00 Å². The topological polar surface area (TPSA) is 130 Å². The fourth-order valence-corrected chi connectivity index (χ4v) is 5.52. The van der Waals surface area contributed by atoms with Crippen molar-refractivity contribution in [3.05, 3.63) is 66.5 Å². The average Bonchev–Trinajstić information content (AvgIpc) is 3.71. The molecule has 0 aromatic carbocycles. The van der Waals surface area contributed by atoms with Gasteiger partial charge in [-0.2, -0.15) is 9.47 Å². The van der Waals surface area contributed by atoms with Gasteiger partial charge in [-0.3, -0.25) is 19.0 Å². The van der Waals surface area contributed by atoms with E-state index < -0.39 is 11.8 Å². The number of nitrogens with one attached hydrogen (secondary N) is 3. The van der Waals surface area contributed by atoms with Crippen LogP contribution in [0.5, 0.6) is 0 Å². The predicted octanol–water partition coefficient (Wildman–Crippen LogP) is 4.44. The molecular formula is C27H30FN11OS. The first-order chi connectivity index (χ1) is 20.0. The number of aryl methyl sites for hydroxylation is 1. The number of likely N-dealkylation sites (tertiary alicyclic amines) is 1. The standard InChI is InChI=1S/C27H30FN11OS/c1-18-15-39-23(19-12-32-38(16-19)10-7-30-27(40)34-22-5-6-29-13-21(22)28)14-31-26(39)25(33-18)35-24-11-20(36-41-24)17-37-8-3-2-4-9-37/h5-6,11-16H,2-4,7-10,17H2,1H3,(H,33,35)(H2,29,30,34,40). The zero-order chi connectivity index (χ0) is 28.2. The highest BCUT2D eigenvalue weighted by atomic mass is 32.1. The molecule has 0 saturated carbocycles. The summed E-state index contributed by atoms with van der Waals surface area (Å²) in [5.41, 5.74) is 4.42. The van der Waals surface area contributed by atoms with E-state index in [1.165, 1.54) is 43.1 Å². The normalized spacial score (nSPS) is 13.9. The molecule has 212 valence electrons. The van der Waals surface area contributed by atoms with Crippen LogP contribution in [0.3, 0.4) is 0 Å². The van der Waals surface area contributed by atoms with Crippen molar-refractivity contribution in [2.24, 2.45) is 0 Å². The van der Waals surface area contributed by atoms with Crippen LogP contribution in [0.4, 0.5) is 25.7 Å². The Bertz CT molecular complexity index is 1660. The van der Waals surface area contributed by atoms with Crippen LogP contribution in [0, 0.1) is 12.7 Å². The first-order valence-electron chi connectivity index (χ1n) is 13.5. The Hall–Kier alpha value is -4.43. The quantitative estimate of drug-likeness (QED) is 0.235. The fraction of sp³-hybridized carbons (Fsp3) is 0.333. The molecule has 6 rings (SSSR count). The zero-order valence-electron chi connectivity index (χ0n) is 22.5. The van der Waals surface area contributed by atoms with Crippen LogP contribution in [0.1, 0.15) is 30.7 Å². The van der Waals surface area contributed by atoms with Crippen LogP contribution in [-0.4, -0.2) is 64.1 Å². The molecule has 1 fully saturated rings. The maximum absolute atomic E-state index is 13.7. The number of pyridine rings is 1. The van der Waals surface area contributed by atoms with Crippen LogP contribution in [0.25, 0.3) is 16.9 Å². The van der Waals surface area contributed by atoms with E-state index in [1.54, 1.807) is 17.1 Å². The molecule has 6 heterocycles. The smallest absolute Gasteiger partial charge is 0.319 e. The Morgan fingerprint density at radius 2 is 2.02 bits per heavy atom. The van der Waals surface area contributed by atoms with Crippen LogP contribution >= 0.6 is 11.5 Å². The molecule has 5 aromatic rings. The number of carbonyl (C=O) groups excluding carboxylic acids is 1. The summed E-state index contributed by atoms with van der Waals surface area (Å²) in [7, 11) is 0. The lowest BCUT2D eigenvalue weighted by Gasteiger charge is -2.25. The highest BCUT2D eigenvalue weighted by Gasteiger charge is 2.16. The van der Waals surface area contributed by atoms with E-state index in [0.29, 0.717) is 24.6 Å². The number of piperidine rings is 1. The summed E-state index contributed by atoms with van der Waals surface area (Å²) in [5.74, 6) is 0.0681. The number of rotatable bonds is 9. The second kappa shape index (κ2) is 12.0. The number of nitrogens with zero attached hydrogens (tertiary/aromatic N) is 8. The lowest BCUT2D eigenvalue weighted by Crippen LogP contribution is -2.31. The number of hydrogen-bond acceptors (Lipinski definition) is 9. The summed E-state index contributed by atoms with van der Waals surface area (Å²) in [4.78, 5) is 27.6. The Morgan fingerprint density at radius 3 is 2.88 bits per heavy atom. The van der Waals surface area contributed by atoms with Gasteiger partial charge in [-0.1, -0.05) is 6.42 Å². The van der Waals surface area contributed by atoms with Gasteiger partial charge in [-0.25, -0.2) is 19.2 Å². The van der Waals surface area contributed by atoms with E-state index in [2.05, 4.69) is 46.4 Å². The molecule has 0 atom stereocenters. The number of anilines is 3. The van der Waals surface area contributed by atoms with Crippen LogP contribution in [0.15, 0.2) is 49.3 Å². The summed E-state index contributed by atoms with van der Waals surface area (Å²) in [5, 5.41) is 14.0. The number of halogens is 1. The Balaban J connectivity index is 1.10. The maximum atomic E-state index is 13.7. The van der Waals surface area contributed by atoms with E-state index in [0.717, 1.165) is 53.5 Å². The van der Waals surface area contributed by atoms with Gasteiger partial charge in [0.15, 0.2) is 17.3 Å². The number of imidazole rings is 1. The molecular weight excluding hydrogens is 545 g/mol. The summed E-state index contributed by atoms with van der Waals surface area (Å²) in [6, 6.07) is 2.98. The third-order valence-corrected chi connectivity index (χ3v) is 7.57. The van der Waals surface area contributed by atoms with Gasteiger partial charge in [0.05, 0.1) is 47.9 Å². The molecule has 1 aliphatic heterocycles. The lowest BCUT2D eigenvalue weighted by atomic mass is 10.1. The molecule has 5 aromatic heterocycles. The van der Waals surface area contributed by atoms with Crippen molar-refractivity contribution in [2.75, 3.05) is 30.3 Å². The second-order valence-corrected chi connectivity index (χ2v) is 10.7. The summed E-state index contributed by atoms with van der Waals surface area (Å²) in [6.07, 6.45) is 13.7. The van der Waals surface area contributed by atoms with Crippen molar-refractivity contribution in [1.29, 1.82) is 0 Å². The van der Waals surface area contributed by atoms with Gasteiger partial charge < -0.3 is 16.0 Å². The van der Waals surface area contributed by atoms with E-state index in [4.69, 9.17) is 4.98 Å². The van der Waals surface area contributed by atoms with Gasteiger partial charge >= 0.3 is 6.03 Å². The molecule has 1 saturated heterocycles. The average molecular weight is 576 g/mol. The molecule has 0 unspecified atom stereocenters. The van der Waals surface area contributed by atoms with Crippen molar-refractivity contribution in [3.8, 4) is 11.3 Å². The molecule has 2 amide bonds. The van der Waals surface area contributed by atoms with Crippen LogP contribution in [0.2, 0.25) is 0 Å². The third-order valence-electron chi connectivity index (χ3n) is 6.82. The molecule has 12 nitrogen and oxygen atoms in total. The molecule has 0 bridgehead atoms. The largest absolute Gasteiger partial charge is 0.336 e. The van der Waals surface area contributed by atoms with Crippen molar-refractivity contribution in [2.45, 2.75) is 39.3 Å². The number of amides is 2. The van der Waals surface area contributed by atoms with E-state index in [9.17, 15) is 9.18 Å². The molecule has 41 heavy (non-hydrogen) atoms. The van der Waals surface area contributed by atoms with E-state index >= 15 is 0 Å². The number of carbonyl (C=O) groups is 1. The SMILES string of the molecule is Cc1cn2c(-c3cnn(CCNC(=O)Nc4ccncc4F)c3)cnc2c(Nc2cc(CN3CCCCC3)ns2)n1. The second-order valence-electron chi connectivity index (χ2n) is 9.94. The van der Waals surface area contributed by atoms with Crippen molar-refractivity contribution in [3.63, 3.8) is 0 Å². The molecule has 0 radical (unpaired) electrons. The van der Waals surface area contributed by atoms with Gasteiger partial charge in [0.2, 0.25) is 0 Å². The molecule has 0 spiro atoms. The fourth-order valence-electron chi connectivity index (χ4n) is 4.86. The minimum absolute atomic E-state index is 0.0679. The lowest BCUT2D eigenvalue weighted by molar-refractivity contribution is 0.219. The van der Waals surface area contributed by atoms with Crippen molar-refractivity contribution in [1.82, 2.24) is 43.7 Å². The molecule has 3 N–H and O–H groups in total. The Kier molecular flexibility index (Phi) is 7.82. The van der Waals surface area contributed by atoms with Crippen LogP contribution in [-0.2, 0) is 13.1 Å². The highest BCUT2D eigenvalue weighted by molar-refractivity contribution is 7.10. The number of urea groups is 1. The minimum Gasteiger partial charge on any atom is -0.336 e. The van der Waals surface area contributed by atoms with Crippen LogP contribution < -0.4 is 16.0 Å².